The van der Waals surface area contributed by atoms with Crippen molar-refractivity contribution in [2.75, 3.05) is 13.2 Å². The summed E-state index contributed by atoms with van der Waals surface area (Å²) in [6, 6.07) is 34.2. The number of nitrogens with zero attached hydrogens (tertiary/aromatic N) is 1. The van der Waals surface area contributed by atoms with Crippen LogP contribution in [-0.2, 0) is 40.1 Å². The third-order valence-corrected chi connectivity index (χ3v) is 9.89. The van der Waals surface area contributed by atoms with Gasteiger partial charge in [-0.05, 0) is 72.1 Å². The maximum atomic E-state index is 14.0. The predicted octanol–water partition coefficient (Wildman–Crippen LogP) is 3.94. The van der Waals surface area contributed by atoms with Gasteiger partial charge in [0.2, 0.25) is 11.8 Å². The molecule has 5 N–H and O–H groups in total. The summed E-state index contributed by atoms with van der Waals surface area (Å²) in [6.45, 7) is -0.130. The van der Waals surface area contributed by atoms with E-state index in [1.807, 2.05) is 89.8 Å². The Morgan fingerprint density at radius 1 is 0.860 bits per heavy atom. The van der Waals surface area contributed by atoms with E-state index in [4.69, 9.17) is 10.5 Å². The standard InChI is InChI=1S/C41H45N3O6/c42-38(47)26-50-35-17-15-29(16-18-35)19-31(40(48)43-39-36-14-8-7-13-30(36)24-37(39)46)23-34(45)25-44-33(21-28-11-5-2-6-12-28)22-32(41(44)49)20-27-9-3-1-4-10-27/h1-18,31-34,37,39,45-46H,19-26H2,(H2,42,47)(H,43,48)/t31-,32+,33+,34+,37-,39+/m1/s1. The Kier molecular flexibility index (Phi) is 11.3. The van der Waals surface area contributed by atoms with Crippen LogP contribution in [0.1, 0.15) is 46.7 Å². The number of hydrogen-bond donors (Lipinski definition) is 4. The zero-order chi connectivity index (χ0) is 35.0. The molecule has 0 saturated carbocycles. The van der Waals surface area contributed by atoms with Crippen molar-refractivity contribution in [1.82, 2.24) is 10.2 Å². The fourth-order valence-corrected chi connectivity index (χ4v) is 7.45. The molecule has 0 aromatic heterocycles. The maximum Gasteiger partial charge on any atom is 0.255 e. The van der Waals surface area contributed by atoms with Gasteiger partial charge in [0, 0.05) is 30.8 Å². The van der Waals surface area contributed by atoms with Crippen LogP contribution >= 0.6 is 0 Å². The molecule has 2 aliphatic rings. The average Bonchev–Trinajstić information content (AvgIpc) is 3.58. The van der Waals surface area contributed by atoms with Crippen LogP contribution in [-0.4, -0.2) is 64.2 Å². The summed E-state index contributed by atoms with van der Waals surface area (Å²) in [4.78, 5) is 40.9. The largest absolute Gasteiger partial charge is 0.484 e. The summed E-state index contributed by atoms with van der Waals surface area (Å²) in [5.74, 6) is -1.23. The Morgan fingerprint density at radius 3 is 2.18 bits per heavy atom. The molecule has 4 aromatic rings. The van der Waals surface area contributed by atoms with E-state index in [0.717, 1.165) is 27.8 Å². The van der Waals surface area contributed by atoms with Crippen LogP contribution < -0.4 is 15.8 Å². The lowest BCUT2D eigenvalue weighted by Crippen LogP contribution is -2.43. The van der Waals surface area contributed by atoms with Crippen LogP contribution in [0.5, 0.6) is 5.75 Å². The molecule has 9 heteroatoms. The first-order valence-electron chi connectivity index (χ1n) is 17.4. The van der Waals surface area contributed by atoms with Gasteiger partial charge >= 0.3 is 0 Å². The number of fused-ring (bicyclic) bond motifs is 1. The van der Waals surface area contributed by atoms with Crippen molar-refractivity contribution in [3.63, 3.8) is 0 Å². The Balaban J connectivity index is 1.19. The number of carbonyl (C=O) groups excluding carboxylic acids is 3. The van der Waals surface area contributed by atoms with Gasteiger partial charge in [0.15, 0.2) is 6.61 Å². The normalized spacial score (nSPS) is 21.0. The van der Waals surface area contributed by atoms with Crippen molar-refractivity contribution in [1.29, 1.82) is 0 Å². The zero-order valence-corrected chi connectivity index (χ0v) is 28.1. The zero-order valence-electron chi connectivity index (χ0n) is 28.1. The molecule has 0 bridgehead atoms. The van der Waals surface area contributed by atoms with Gasteiger partial charge in [0.25, 0.3) is 5.91 Å². The Bertz CT molecular complexity index is 1750. The van der Waals surface area contributed by atoms with E-state index in [0.29, 0.717) is 37.9 Å². The number of amides is 3. The van der Waals surface area contributed by atoms with E-state index in [-0.39, 0.29) is 43.3 Å². The molecular formula is C41H45N3O6. The van der Waals surface area contributed by atoms with Crippen LogP contribution in [0.3, 0.4) is 0 Å². The molecule has 1 saturated heterocycles. The molecule has 6 atom stereocenters. The monoisotopic (exact) mass is 675 g/mol. The Hall–Kier alpha value is -4.99. The number of hydrogen-bond acceptors (Lipinski definition) is 6. The van der Waals surface area contributed by atoms with E-state index in [2.05, 4.69) is 17.4 Å². The molecule has 50 heavy (non-hydrogen) atoms. The number of carbonyl (C=O) groups is 3. The highest BCUT2D eigenvalue weighted by molar-refractivity contribution is 5.82. The lowest BCUT2D eigenvalue weighted by atomic mass is 9.91. The number of aliphatic hydroxyl groups is 2. The van der Waals surface area contributed by atoms with Gasteiger partial charge in [-0.25, -0.2) is 0 Å². The van der Waals surface area contributed by atoms with Crippen molar-refractivity contribution < 1.29 is 29.3 Å². The average molecular weight is 676 g/mol. The van der Waals surface area contributed by atoms with Gasteiger partial charge in [-0.3, -0.25) is 14.4 Å². The molecule has 9 nitrogen and oxygen atoms in total. The van der Waals surface area contributed by atoms with E-state index in [1.54, 1.807) is 12.1 Å². The van der Waals surface area contributed by atoms with E-state index >= 15 is 0 Å². The van der Waals surface area contributed by atoms with Crippen LogP contribution in [0.25, 0.3) is 0 Å². The molecule has 0 radical (unpaired) electrons. The van der Waals surface area contributed by atoms with Crippen LogP contribution in [0, 0.1) is 11.8 Å². The summed E-state index contributed by atoms with van der Waals surface area (Å²) in [5.41, 5.74) is 10.1. The smallest absolute Gasteiger partial charge is 0.255 e. The number of aliphatic hydroxyl groups excluding tert-OH is 2. The van der Waals surface area contributed by atoms with Crippen molar-refractivity contribution in [2.24, 2.45) is 17.6 Å². The first-order chi connectivity index (χ1) is 24.2. The van der Waals surface area contributed by atoms with Crippen molar-refractivity contribution >= 4 is 17.7 Å². The predicted molar refractivity (Wildman–Crippen MR) is 190 cm³/mol. The molecule has 1 heterocycles. The minimum Gasteiger partial charge on any atom is -0.484 e. The van der Waals surface area contributed by atoms with Crippen molar-refractivity contribution in [3.8, 4) is 5.75 Å². The summed E-state index contributed by atoms with van der Waals surface area (Å²) in [5, 5.41) is 25.6. The number of nitrogens with one attached hydrogen (secondary N) is 1. The Morgan fingerprint density at radius 2 is 1.50 bits per heavy atom. The van der Waals surface area contributed by atoms with E-state index in [1.165, 1.54) is 0 Å². The summed E-state index contributed by atoms with van der Waals surface area (Å²) >= 11 is 0. The molecule has 260 valence electrons. The maximum absolute atomic E-state index is 14.0. The van der Waals surface area contributed by atoms with Crippen molar-refractivity contribution in [2.45, 2.75) is 62.8 Å². The topological polar surface area (TPSA) is 142 Å². The lowest BCUT2D eigenvalue weighted by Gasteiger charge is -2.29. The number of rotatable bonds is 15. The number of primary amides is 1. The van der Waals surface area contributed by atoms with Crippen LogP contribution in [0.4, 0.5) is 0 Å². The van der Waals surface area contributed by atoms with Gasteiger partial charge < -0.3 is 30.9 Å². The third kappa shape index (κ3) is 8.77. The molecular weight excluding hydrogens is 630 g/mol. The SMILES string of the molecule is NC(=O)COc1ccc(C[C@H](C[C@H](O)CN2C(=O)[C@@H](Cc3ccccc3)C[C@@H]2Cc2ccccc2)C(=O)N[C@H]2c3ccccc3C[C@H]2O)cc1. The molecule has 3 amide bonds. The number of ether oxygens (including phenoxy) is 1. The van der Waals surface area contributed by atoms with Gasteiger partial charge in [0.1, 0.15) is 5.75 Å². The minimum absolute atomic E-state index is 0.0204. The summed E-state index contributed by atoms with van der Waals surface area (Å²) in [6.07, 6.45) is 1.13. The first kappa shape index (κ1) is 34.9. The fraction of sp³-hybridized carbons (Fsp3) is 0.341. The van der Waals surface area contributed by atoms with Gasteiger partial charge in [-0.1, -0.05) is 97.1 Å². The van der Waals surface area contributed by atoms with Gasteiger partial charge in [0.05, 0.1) is 18.2 Å². The molecule has 1 aliphatic carbocycles. The number of nitrogens with two attached hydrogens (primary N) is 1. The summed E-state index contributed by atoms with van der Waals surface area (Å²) < 4.78 is 5.40. The van der Waals surface area contributed by atoms with Gasteiger partial charge in [-0.15, -0.1) is 0 Å². The lowest BCUT2D eigenvalue weighted by molar-refractivity contribution is -0.133. The van der Waals surface area contributed by atoms with Crippen LogP contribution in [0.15, 0.2) is 109 Å². The number of likely N-dealkylation sites (tertiary alicyclic amines) is 1. The fourth-order valence-electron chi connectivity index (χ4n) is 7.45. The highest BCUT2D eigenvalue weighted by Crippen LogP contribution is 2.33. The minimum atomic E-state index is -0.970. The molecule has 4 aromatic carbocycles. The van der Waals surface area contributed by atoms with E-state index < -0.39 is 30.1 Å². The molecule has 0 unspecified atom stereocenters. The number of β-amino-alcohol motifs (C(OH)–C–C–N with tert-alkyl or cyclic N) is 1. The quantitative estimate of drug-likeness (QED) is 0.151. The second-order valence-corrected chi connectivity index (χ2v) is 13.6. The van der Waals surface area contributed by atoms with Crippen molar-refractivity contribution in [3.05, 3.63) is 137 Å². The summed E-state index contributed by atoms with van der Waals surface area (Å²) in [7, 11) is 0. The molecule has 0 spiro atoms. The van der Waals surface area contributed by atoms with Crippen LogP contribution in [0.2, 0.25) is 0 Å². The Labute approximate surface area is 293 Å². The highest BCUT2D eigenvalue weighted by Gasteiger charge is 2.41. The van der Waals surface area contributed by atoms with E-state index in [9.17, 15) is 24.6 Å². The molecule has 1 fully saturated rings. The second-order valence-electron chi connectivity index (χ2n) is 13.6. The number of benzene rings is 4. The van der Waals surface area contributed by atoms with Gasteiger partial charge in [-0.2, -0.15) is 0 Å². The molecule has 6 rings (SSSR count). The third-order valence-electron chi connectivity index (χ3n) is 9.89. The second kappa shape index (κ2) is 16.1. The highest BCUT2D eigenvalue weighted by atomic mass is 16.5. The first-order valence-corrected chi connectivity index (χ1v) is 17.4. The molecule has 1 aliphatic heterocycles.